The number of aliphatic hydroxyl groups excluding tert-OH is 1. The molecule has 0 amide bonds. The Hall–Kier alpha value is -4.10. The average molecular weight is 718 g/mol. The summed E-state index contributed by atoms with van der Waals surface area (Å²) in [6, 6.07) is 13.3. The molecule has 2 heterocycles. The van der Waals surface area contributed by atoms with Gasteiger partial charge in [-0.05, 0) is 64.6 Å². The van der Waals surface area contributed by atoms with E-state index in [1.807, 2.05) is 28.7 Å². The van der Waals surface area contributed by atoms with Crippen LogP contribution in [0.5, 0.6) is 5.88 Å². The molecule has 0 unspecified atom stereocenters. The largest absolute Gasteiger partial charge is 0.473 e. The van der Waals surface area contributed by atoms with Crippen LogP contribution in [0.4, 0.5) is 17.6 Å². The van der Waals surface area contributed by atoms with Gasteiger partial charge in [-0.25, -0.2) is 27.5 Å². The number of nitriles is 1. The topological polar surface area (TPSA) is 113 Å². The van der Waals surface area contributed by atoms with Crippen molar-refractivity contribution < 1.29 is 37.2 Å². The SMILES string of the molecule is COCCn1c(Cc2cc(F)c(-c3cccc(OCc4ccc(C#N)cc4F)n3)cc2F)nc2c(F)cc(C(O)O)c(I)c21. The van der Waals surface area contributed by atoms with Gasteiger partial charge < -0.3 is 24.3 Å². The Bertz CT molecular complexity index is 1910. The van der Waals surface area contributed by atoms with Crippen LogP contribution >= 0.6 is 22.6 Å². The maximum absolute atomic E-state index is 15.5. The molecule has 5 aromatic rings. The lowest BCUT2D eigenvalue weighted by Crippen LogP contribution is -2.11. The third kappa shape index (κ3) is 6.39. The predicted octanol–water partition coefficient (Wildman–Crippen LogP) is 5.93. The molecular weight excluding hydrogens is 695 g/mol. The molecule has 0 radical (unpaired) electrons. The molecule has 0 aliphatic carbocycles. The Morgan fingerprint density at radius 2 is 1.73 bits per heavy atom. The van der Waals surface area contributed by atoms with Crippen molar-refractivity contribution in [3.8, 4) is 23.2 Å². The second-order valence-corrected chi connectivity index (χ2v) is 10.8. The molecule has 2 aromatic heterocycles. The van der Waals surface area contributed by atoms with Gasteiger partial charge in [-0.1, -0.05) is 12.1 Å². The van der Waals surface area contributed by atoms with Crippen LogP contribution in [-0.2, 0) is 24.3 Å². The van der Waals surface area contributed by atoms with Gasteiger partial charge in [0, 0.05) is 46.4 Å². The molecule has 0 aliphatic heterocycles. The molecule has 0 aliphatic rings. The van der Waals surface area contributed by atoms with E-state index < -0.39 is 29.6 Å². The van der Waals surface area contributed by atoms with Gasteiger partial charge in [0.1, 0.15) is 35.4 Å². The molecule has 226 valence electrons. The summed E-state index contributed by atoms with van der Waals surface area (Å²) in [5.74, 6) is -2.70. The van der Waals surface area contributed by atoms with Crippen molar-refractivity contribution in [2.45, 2.75) is 25.9 Å². The van der Waals surface area contributed by atoms with Crippen LogP contribution in [-0.4, -0.2) is 38.5 Å². The predicted molar refractivity (Wildman–Crippen MR) is 159 cm³/mol. The first-order valence-corrected chi connectivity index (χ1v) is 14.2. The van der Waals surface area contributed by atoms with Gasteiger partial charge in [0.05, 0.1) is 29.5 Å². The first kappa shape index (κ1) is 31.3. The fourth-order valence-corrected chi connectivity index (χ4v) is 5.64. The van der Waals surface area contributed by atoms with Crippen LogP contribution in [0.1, 0.15) is 34.4 Å². The quantitative estimate of drug-likeness (QED) is 0.105. The molecule has 0 saturated heterocycles. The summed E-state index contributed by atoms with van der Waals surface area (Å²) < 4.78 is 72.7. The molecule has 44 heavy (non-hydrogen) atoms. The van der Waals surface area contributed by atoms with E-state index in [0.717, 1.165) is 24.3 Å². The summed E-state index contributed by atoms with van der Waals surface area (Å²) in [4.78, 5) is 8.59. The maximum atomic E-state index is 15.5. The molecule has 5 rings (SSSR count). The monoisotopic (exact) mass is 718 g/mol. The highest BCUT2D eigenvalue weighted by Gasteiger charge is 2.23. The molecule has 0 atom stereocenters. The number of methoxy groups -OCH3 is 1. The Morgan fingerprint density at radius 1 is 0.955 bits per heavy atom. The van der Waals surface area contributed by atoms with Crippen LogP contribution in [0.3, 0.4) is 0 Å². The van der Waals surface area contributed by atoms with Gasteiger partial charge in [-0.15, -0.1) is 0 Å². The van der Waals surface area contributed by atoms with E-state index in [4.69, 9.17) is 14.7 Å². The molecule has 13 heteroatoms. The van der Waals surface area contributed by atoms with E-state index in [1.54, 1.807) is 4.57 Å². The van der Waals surface area contributed by atoms with E-state index in [1.165, 1.54) is 37.4 Å². The van der Waals surface area contributed by atoms with Crippen molar-refractivity contribution in [2.24, 2.45) is 0 Å². The van der Waals surface area contributed by atoms with Gasteiger partial charge in [0.25, 0.3) is 0 Å². The van der Waals surface area contributed by atoms with E-state index in [2.05, 4.69) is 9.97 Å². The lowest BCUT2D eigenvalue weighted by molar-refractivity contribution is -0.0432. The number of fused-ring (bicyclic) bond motifs is 1. The zero-order chi connectivity index (χ0) is 31.5. The van der Waals surface area contributed by atoms with Crippen molar-refractivity contribution in [1.82, 2.24) is 14.5 Å². The second kappa shape index (κ2) is 13.3. The number of aliphatic hydroxyl groups is 2. The maximum Gasteiger partial charge on any atom is 0.214 e. The van der Waals surface area contributed by atoms with Gasteiger partial charge >= 0.3 is 0 Å². The number of hydrogen-bond acceptors (Lipinski definition) is 7. The van der Waals surface area contributed by atoms with Crippen LogP contribution in [0.25, 0.3) is 22.3 Å². The summed E-state index contributed by atoms with van der Waals surface area (Å²) in [6.45, 7) is 0.180. The molecule has 0 bridgehead atoms. The summed E-state index contributed by atoms with van der Waals surface area (Å²) in [5, 5.41) is 28.3. The van der Waals surface area contributed by atoms with Gasteiger partial charge in [0.15, 0.2) is 12.1 Å². The Morgan fingerprint density at radius 3 is 2.43 bits per heavy atom. The Kier molecular flexibility index (Phi) is 9.45. The minimum Gasteiger partial charge on any atom is -0.473 e. The number of aromatic nitrogens is 3. The Balaban J connectivity index is 1.44. The lowest BCUT2D eigenvalue weighted by atomic mass is 10.0. The number of hydrogen-bond donors (Lipinski definition) is 2. The highest BCUT2D eigenvalue weighted by molar-refractivity contribution is 14.1. The van der Waals surface area contributed by atoms with Crippen molar-refractivity contribution in [3.05, 3.63) is 110 Å². The summed E-state index contributed by atoms with van der Waals surface area (Å²) >= 11 is 1.86. The van der Waals surface area contributed by atoms with E-state index in [0.29, 0.717) is 3.57 Å². The second-order valence-electron chi connectivity index (χ2n) is 9.67. The highest BCUT2D eigenvalue weighted by Crippen LogP contribution is 2.32. The molecule has 2 N–H and O–H groups in total. The standard InChI is InChI=1S/C31H23F4IN4O4/c1-43-8-7-40-26(39-29-24(35)13-20(31(41)42)28(36)30(29)40)11-18-10-23(34)19(12-22(18)33)25-3-2-4-27(38-25)44-15-17-6-5-16(14-37)9-21(17)32/h2-6,9-10,12-13,31,41-42H,7-8,11,15H2,1H3. The van der Waals surface area contributed by atoms with Crippen LogP contribution < -0.4 is 4.74 Å². The lowest BCUT2D eigenvalue weighted by Gasteiger charge is -2.13. The van der Waals surface area contributed by atoms with Crippen molar-refractivity contribution in [3.63, 3.8) is 0 Å². The number of benzene rings is 3. The minimum absolute atomic E-state index is 0.0472. The molecule has 0 saturated carbocycles. The van der Waals surface area contributed by atoms with E-state index >= 15 is 8.78 Å². The van der Waals surface area contributed by atoms with Crippen LogP contribution in [0.15, 0.2) is 54.6 Å². The number of rotatable bonds is 10. The summed E-state index contributed by atoms with van der Waals surface area (Å²) in [7, 11) is 1.47. The minimum atomic E-state index is -1.93. The fraction of sp³-hybridized carbons (Fsp3) is 0.194. The smallest absolute Gasteiger partial charge is 0.214 e. The molecule has 3 aromatic carbocycles. The number of ether oxygens (including phenoxy) is 2. The zero-order valence-electron chi connectivity index (χ0n) is 23.0. The zero-order valence-corrected chi connectivity index (χ0v) is 25.1. The highest BCUT2D eigenvalue weighted by atomic mass is 127. The first-order chi connectivity index (χ1) is 21.1. The van der Waals surface area contributed by atoms with E-state index in [9.17, 15) is 19.0 Å². The Labute approximate surface area is 262 Å². The number of imidazole rings is 1. The third-order valence-electron chi connectivity index (χ3n) is 6.86. The fourth-order valence-electron chi connectivity index (χ4n) is 4.66. The first-order valence-electron chi connectivity index (χ1n) is 13.1. The van der Waals surface area contributed by atoms with Gasteiger partial charge in [-0.2, -0.15) is 5.26 Å². The number of halogens is 5. The molecule has 8 nitrogen and oxygen atoms in total. The van der Waals surface area contributed by atoms with Crippen LogP contribution in [0.2, 0.25) is 0 Å². The number of nitrogens with zero attached hydrogens (tertiary/aromatic N) is 4. The summed E-state index contributed by atoms with van der Waals surface area (Å²) in [5.41, 5.74) is 0.403. The van der Waals surface area contributed by atoms with Crippen molar-refractivity contribution in [2.75, 3.05) is 13.7 Å². The normalized spacial score (nSPS) is 11.4. The van der Waals surface area contributed by atoms with E-state index in [-0.39, 0.29) is 82.4 Å². The van der Waals surface area contributed by atoms with Gasteiger partial charge in [0.2, 0.25) is 5.88 Å². The van der Waals surface area contributed by atoms with Gasteiger partial charge in [-0.3, -0.25) is 0 Å². The van der Waals surface area contributed by atoms with Crippen molar-refractivity contribution >= 4 is 33.6 Å². The third-order valence-corrected chi connectivity index (χ3v) is 7.99. The van der Waals surface area contributed by atoms with Crippen LogP contribution in [0, 0.1) is 38.2 Å². The average Bonchev–Trinajstić information content (AvgIpc) is 3.37. The molecule has 0 spiro atoms. The number of pyridine rings is 1. The molecular formula is C31H23F4IN4O4. The van der Waals surface area contributed by atoms with Crippen molar-refractivity contribution in [1.29, 1.82) is 5.26 Å². The summed E-state index contributed by atoms with van der Waals surface area (Å²) in [6.07, 6.45) is -2.13. The molecule has 0 fully saturated rings.